The molecule has 2 unspecified atom stereocenters. The number of carbonyl (C=O) groups is 1. The van der Waals surface area contributed by atoms with E-state index in [0.717, 1.165) is 25.9 Å². The summed E-state index contributed by atoms with van der Waals surface area (Å²) in [6.45, 7) is 3.85. The smallest absolute Gasteiger partial charge is 0.451 e. The molecule has 0 aromatic heterocycles. The Kier molecular flexibility index (Phi) is 7.64. The minimum absolute atomic E-state index is 0.0572. The number of benzene rings is 1. The second-order valence-electron chi connectivity index (χ2n) is 7.47. The second kappa shape index (κ2) is 9.51. The molecular formula is C19H31BN2O4. The Bertz CT molecular complexity index is 564. The lowest BCUT2D eigenvalue weighted by Gasteiger charge is -2.42. The van der Waals surface area contributed by atoms with Gasteiger partial charge in [-0.3, -0.25) is 9.69 Å². The largest absolute Gasteiger partial charge is 0.480 e. The summed E-state index contributed by atoms with van der Waals surface area (Å²) in [5.41, 5.74) is 6.36. The zero-order chi connectivity index (χ0) is 19.2. The Morgan fingerprint density at radius 2 is 1.88 bits per heavy atom. The summed E-state index contributed by atoms with van der Waals surface area (Å²) in [4.78, 5) is 14.2. The molecule has 1 aliphatic rings. The number of carboxylic acids is 1. The summed E-state index contributed by atoms with van der Waals surface area (Å²) in [5.74, 6) is -1.00. The van der Waals surface area contributed by atoms with Gasteiger partial charge >= 0.3 is 13.1 Å². The van der Waals surface area contributed by atoms with Gasteiger partial charge in [0, 0.05) is 6.04 Å². The van der Waals surface area contributed by atoms with Crippen LogP contribution in [0.25, 0.3) is 0 Å². The first-order chi connectivity index (χ1) is 12.3. The maximum Gasteiger partial charge on any atom is 0.451 e. The summed E-state index contributed by atoms with van der Waals surface area (Å²) in [5, 5.41) is 27.5. The topological polar surface area (TPSA) is 107 Å². The molecule has 0 amide bonds. The number of hydrogen-bond donors (Lipinski definition) is 4. The summed E-state index contributed by atoms with van der Waals surface area (Å²) in [7, 11) is -1.34. The molecule has 0 aliphatic carbocycles. The van der Waals surface area contributed by atoms with Crippen molar-refractivity contribution in [1.29, 1.82) is 0 Å². The van der Waals surface area contributed by atoms with Crippen LogP contribution in [0.5, 0.6) is 0 Å². The predicted octanol–water partition coefficient (Wildman–Crippen LogP) is 1.88. The molecular weight excluding hydrogens is 331 g/mol. The van der Waals surface area contributed by atoms with Crippen LogP contribution in [0.4, 0.5) is 0 Å². The average molecular weight is 362 g/mol. The molecule has 0 spiro atoms. The van der Waals surface area contributed by atoms with Gasteiger partial charge < -0.3 is 20.9 Å². The number of piperidine rings is 1. The highest BCUT2D eigenvalue weighted by molar-refractivity contribution is 6.40. The highest BCUT2D eigenvalue weighted by atomic mass is 16.4. The van der Waals surface area contributed by atoms with Crippen LogP contribution >= 0.6 is 0 Å². The molecule has 6 nitrogen and oxygen atoms in total. The van der Waals surface area contributed by atoms with Gasteiger partial charge in [0.05, 0.1) is 0 Å². The van der Waals surface area contributed by atoms with Gasteiger partial charge in [-0.25, -0.2) is 0 Å². The van der Waals surface area contributed by atoms with E-state index in [1.165, 1.54) is 5.56 Å². The third kappa shape index (κ3) is 5.30. The van der Waals surface area contributed by atoms with Crippen molar-refractivity contribution in [3.8, 4) is 0 Å². The number of aliphatic carboxylic acids is 1. The Balaban J connectivity index is 1.91. The van der Waals surface area contributed by atoms with Crippen molar-refractivity contribution in [2.75, 3.05) is 13.1 Å². The van der Waals surface area contributed by atoms with Crippen LogP contribution in [0, 0.1) is 5.92 Å². The molecule has 1 aliphatic heterocycles. The van der Waals surface area contributed by atoms with E-state index in [-0.39, 0.29) is 12.2 Å². The van der Waals surface area contributed by atoms with Crippen LogP contribution < -0.4 is 5.73 Å². The van der Waals surface area contributed by atoms with Crippen molar-refractivity contribution in [3.05, 3.63) is 35.9 Å². The maximum atomic E-state index is 11.8. The second-order valence-corrected chi connectivity index (χ2v) is 7.47. The van der Waals surface area contributed by atoms with Crippen molar-refractivity contribution >= 4 is 13.1 Å². The van der Waals surface area contributed by atoms with Crippen molar-refractivity contribution in [1.82, 2.24) is 4.90 Å². The first kappa shape index (κ1) is 20.9. The van der Waals surface area contributed by atoms with Gasteiger partial charge in [-0.15, -0.1) is 0 Å². The fourth-order valence-corrected chi connectivity index (χ4v) is 3.97. The third-order valence-corrected chi connectivity index (χ3v) is 5.79. The van der Waals surface area contributed by atoms with Gasteiger partial charge in [-0.1, -0.05) is 43.2 Å². The van der Waals surface area contributed by atoms with Crippen LogP contribution in [0.1, 0.15) is 50.6 Å². The number of nitrogens with two attached hydrogens (primary N) is 1. The van der Waals surface area contributed by atoms with Crippen LogP contribution in [0.3, 0.4) is 0 Å². The SMILES string of the molecule is CC(c1ccccc1)N1CCC(C(N)(CCCCB(O)O)C(=O)O)CC1. The van der Waals surface area contributed by atoms with Crippen molar-refractivity contribution in [2.45, 2.75) is 56.9 Å². The summed E-state index contributed by atoms with van der Waals surface area (Å²) in [6, 6.07) is 10.6. The fraction of sp³-hybridized carbons (Fsp3) is 0.632. The number of carboxylic acid groups (broad SMARTS) is 1. The molecule has 1 heterocycles. The monoisotopic (exact) mass is 362 g/mol. The van der Waals surface area contributed by atoms with Gasteiger partial charge in [0.1, 0.15) is 5.54 Å². The Hall–Kier alpha value is -1.41. The van der Waals surface area contributed by atoms with Gasteiger partial charge in [0.2, 0.25) is 0 Å². The lowest BCUT2D eigenvalue weighted by molar-refractivity contribution is -0.147. The summed E-state index contributed by atoms with van der Waals surface area (Å²) < 4.78 is 0. The minimum atomic E-state index is -1.34. The molecule has 2 rings (SSSR count). The Labute approximate surface area is 156 Å². The zero-order valence-electron chi connectivity index (χ0n) is 15.6. The highest BCUT2D eigenvalue weighted by Crippen LogP contribution is 2.34. The fourth-order valence-electron chi connectivity index (χ4n) is 3.97. The molecule has 1 fully saturated rings. The molecule has 7 heteroatoms. The molecule has 5 N–H and O–H groups in total. The first-order valence-corrected chi connectivity index (χ1v) is 9.52. The number of unbranched alkanes of at least 4 members (excludes halogenated alkanes) is 1. The quantitative estimate of drug-likeness (QED) is 0.395. The van der Waals surface area contributed by atoms with E-state index < -0.39 is 18.6 Å². The van der Waals surface area contributed by atoms with E-state index >= 15 is 0 Å². The molecule has 0 radical (unpaired) electrons. The normalized spacial score (nSPS) is 19.7. The predicted molar refractivity (Wildman–Crippen MR) is 103 cm³/mol. The van der Waals surface area contributed by atoms with E-state index in [9.17, 15) is 9.90 Å². The van der Waals surface area contributed by atoms with E-state index in [1.54, 1.807) is 0 Å². The van der Waals surface area contributed by atoms with Crippen LogP contribution in [0.2, 0.25) is 6.32 Å². The van der Waals surface area contributed by atoms with Gasteiger partial charge in [-0.05, 0) is 57.1 Å². The average Bonchev–Trinajstić information content (AvgIpc) is 2.65. The molecule has 1 saturated heterocycles. The molecule has 1 aromatic carbocycles. The van der Waals surface area contributed by atoms with Crippen LogP contribution in [-0.2, 0) is 4.79 Å². The van der Waals surface area contributed by atoms with E-state index in [0.29, 0.717) is 25.3 Å². The van der Waals surface area contributed by atoms with E-state index in [4.69, 9.17) is 15.8 Å². The van der Waals surface area contributed by atoms with Crippen molar-refractivity contribution in [2.24, 2.45) is 11.7 Å². The van der Waals surface area contributed by atoms with Gasteiger partial charge in [0.25, 0.3) is 0 Å². The zero-order valence-corrected chi connectivity index (χ0v) is 15.6. The number of rotatable bonds is 9. The van der Waals surface area contributed by atoms with Crippen molar-refractivity contribution in [3.63, 3.8) is 0 Å². The standard InChI is InChI=1S/C19H31BN2O4/c1-15(16-7-3-2-4-8-16)22-13-9-17(10-14-22)19(21,18(23)24)11-5-6-12-20(25)26/h2-4,7-8,15,17,25-26H,5-6,9-14,21H2,1H3,(H,23,24). The molecule has 26 heavy (non-hydrogen) atoms. The lowest BCUT2D eigenvalue weighted by atomic mass is 9.74. The van der Waals surface area contributed by atoms with Gasteiger partial charge in [0.15, 0.2) is 0 Å². The highest BCUT2D eigenvalue weighted by Gasteiger charge is 2.43. The molecule has 0 bridgehead atoms. The van der Waals surface area contributed by atoms with E-state index in [2.05, 4.69) is 24.0 Å². The summed E-state index contributed by atoms with van der Waals surface area (Å²) >= 11 is 0. The molecule has 144 valence electrons. The minimum Gasteiger partial charge on any atom is -0.480 e. The maximum absolute atomic E-state index is 11.8. The summed E-state index contributed by atoms with van der Waals surface area (Å²) in [6.07, 6.45) is 3.30. The molecule has 2 atom stereocenters. The lowest BCUT2D eigenvalue weighted by Crippen LogP contribution is -2.57. The van der Waals surface area contributed by atoms with Gasteiger partial charge in [-0.2, -0.15) is 0 Å². The molecule has 1 aromatic rings. The Morgan fingerprint density at radius 3 is 2.42 bits per heavy atom. The van der Waals surface area contributed by atoms with Crippen LogP contribution in [0.15, 0.2) is 30.3 Å². The first-order valence-electron chi connectivity index (χ1n) is 9.52. The third-order valence-electron chi connectivity index (χ3n) is 5.79. The Morgan fingerprint density at radius 1 is 1.27 bits per heavy atom. The van der Waals surface area contributed by atoms with E-state index in [1.807, 2.05) is 18.2 Å². The number of hydrogen-bond acceptors (Lipinski definition) is 5. The van der Waals surface area contributed by atoms with Crippen molar-refractivity contribution < 1.29 is 19.9 Å². The number of nitrogens with zero attached hydrogens (tertiary/aromatic N) is 1. The van der Waals surface area contributed by atoms with Crippen LogP contribution in [-0.4, -0.2) is 51.8 Å². The number of likely N-dealkylation sites (tertiary alicyclic amines) is 1. The molecule has 0 saturated carbocycles.